The first-order valence-electron chi connectivity index (χ1n) is 7.97. The van der Waals surface area contributed by atoms with E-state index in [4.69, 9.17) is 9.26 Å². The summed E-state index contributed by atoms with van der Waals surface area (Å²) in [4.78, 5) is 8.23. The molecule has 2 aromatic heterocycles. The molecule has 0 bridgehead atoms. The minimum atomic E-state index is -0.445. The van der Waals surface area contributed by atoms with Crippen molar-refractivity contribution in [2.75, 3.05) is 0 Å². The molecular weight excluding hydrogens is 325 g/mol. The molecule has 0 atom stereocenters. The third-order valence-corrected chi connectivity index (χ3v) is 4.36. The molecule has 0 saturated heterocycles. The lowest BCUT2D eigenvalue weighted by molar-refractivity contribution is -0.277. The highest BCUT2D eigenvalue weighted by Crippen LogP contribution is 2.40. The fraction of sp³-hybridized carbons (Fsp3) is 0.278. The van der Waals surface area contributed by atoms with Crippen LogP contribution in [0.15, 0.2) is 41.2 Å². The summed E-state index contributed by atoms with van der Waals surface area (Å²) in [7, 11) is 0. The standard InChI is InChI=1S/C18H16FN3O3/c1-10-2-3-14(15(19)4-10)11-5-13(6-11)24-18-20-8-12(9-21-18)16-7-17(23)22-25-16/h2-4,7-9,11,13H,5-6H2,1H3,(H,22,23)/p-1. The summed E-state index contributed by atoms with van der Waals surface area (Å²) in [5.74, 6) is -0.127. The SMILES string of the molecule is Cc1ccc(C2CC(Oc3ncc(-c4cc([O-])no4)cn3)C2)c(F)c1. The molecule has 0 radical (unpaired) electrons. The molecule has 6 nitrogen and oxygen atoms in total. The third kappa shape index (κ3) is 3.17. The van der Waals surface area contributed by atoms with Gasteiger partial charge in [0.05, 0.1) is 5.56 Å². The molecule has 3 aromatic rings. The van der Waals surface area contributed by atoms with Crippen molar-refractivity contribution >= 4 is 0 Å². The van der Waals surface area contributed by atoms with E-state index in [1.807, 2.05) is 19.1 Å². The quantitative estimate of drug-likeness (QED) is 0.726. The van der Waals surface area contributed by atoms with E-state index >= 15 is 0 Å². The van der Waals surface area contributed by atoms with E-state index in [-0.39, 0.29) is 23.8 Å². The van der Waals surface area contributed by atoms with Gasteiger partial charge in [0.2, 0.25) is 0 Å². The lowest BCUT2D eigenvalue weighted by Gasteiger charge is -2.35. The molecule has 1 aliphatic carbocycles. The second-order valence-electron chi connectivity index (χ2n) is 6.22. The van der Waals surface area contributed by atoms with Crippen LogP contribution < -0.4 is 9.84 Å². The van der Waals surface area contributed by atoms with Crippen LogP contribution in [0.4, 0.5) is 4.39 Å². The number of nitrogens with zero attached hydrogens (tertiary/aromatic N) is 3. The van der Waals surface area contributed by atoms with Crippen molar-refractivity contribution in [3.05, 3.63) is 53.6 Å². The fourth-order valence-electron chi connectivity index (χ4n) is 2.93. The number of aromatic nitrogens is 3. The number of rotatable bonds is 4. The van der Waals surface area contributed by atoms with Crippen LogP contribution in [-0.4, -0.2) is 21.2 Å². The maximum atomic E-state index is 14.0. The molecule has 0 amide bonds. The Kier molecular flexibility index (Phi) is 3.83. The third-order valence-electron chi connectivity index (χ3n) is 4.36. The van der Waals surface area contributed by atoms with Crippen LogP contribution in [0.25, 0.3) is 11.3 Å². The number of halogens is 1. The molecule has 7 heteroatoms. The molecule has 1 saturated carbocycles. The Labute approximate surface area is 143 Å². The van der Waals surface area contributed by atoms with Crippen LogP contribution in [0.3, 0.4) is 0 Å². The predicted molar refractivity (Wildman–Crippen MR) is 84.5 cm³/mol. The lowest BCUT2D eigenvalue weighted by Crippen LogP contribution is -2.33. The van der Waals surface area contributed by atoms with Crippen LogP contribution in [0.1, 0.15) is 29.9 Å². The molecule has 1 aromatic carbocycles. The van der Waals surface area contributed by atoms with E-state index in [9.17, 15) is 9.50 Å². The van der Waals surface area contributed by atoms with Crippen molar-refractivity contribution < 1.29 is 18.8 Å². The van der Waals surface area contributed by atoms with Crippen molar-refractivity contribution in [1.82, 2.24) is 15.1 Å². The van der Waals surface area contributed by atoms with Gasteiger partial charge < -0.3 is 14.4 Å². The van der Waals surface area contributed by atoms with Crippen LogP contribution in [0.2, 0.25) is 0 Å². The van der Waals surface area contributed by atoms with Crippen LogP contribution in [-0.2, 0) is 0 Å². The molecule has 0 N–H and O–H groups in total. The van der Waals surface area contributed by atoms with Crippen molar-refractivity contribution in [3.8, 4) is 23.2 Å². The molecule has 4 rings (SSSR count). The molecule has 0 aliphatic heterocycles. The number of ether oxygens (including phenoxy) is 1. The largest absolute Gasteiger partial charge is 0.856 e. The van der Waals surface area contributed by atoms with Gasteiger partial charge in [0.25, 0.3) is 0 Å². The number of hydrogen-bond acceptors (Lipinski definition) is 6. The van der Waals surface area contributed by atoms with E-state index in [0.29, 0.717) is 11.3 Å². The Morgan fingerprint density at radius 2 is 1.96 bits per heavy atom. The molecule has 1 aliphatic rings. The van der Waals surface area contributed by atoms with Gasteiger partial charge in [-0.3, -0.25) is 0 Å². The van der Waals surface area contributed by atoms with E-state index in [1.54, 1.807) is 6.07 Å². The highest BCUT2D eigenvalue weighted by atomic mass is 19.1. The van der Waals surface area contributed by atoms with Crippen LogP contribution in [0.5, 0.6) is 11.9 Å². The smallest absolute Gasteiger partial charge is 0.316 e. The summed E-state index contributed by atoms with van der Waals surface area (Å²) in [6.45, 7) is 1.87. The van der Waals surface area contributed by atoms with Gasteiger partial charge in [0.1, 0.15) is 11.9 Å². The second-order valence-corrected chi connectivity index (χ2v) is 6.22. The maximum Gasteiger partial charge on any atom is 0.316 e. The summed E-state index contributed by atoms with van der Waals surface area (Å²) >= 11 is 0. The average molecular weight is 340 g/mol. The zero-order valence-corrected chi connectivity index (χ0v) is 13.5. The van der Waals surface area contributed by atoms with Gasteiger partial charge in [-0.25, -0.2) is 14.4 Å². The highest BCUT2D eigenvalue weighted by Gasteiger charge is 2.34. The minimum Gasteiger partial charge on any atom is -0.856 e. The Morgan fingerprint density at radius 1 is 1.20 bits per heavy atom. The van der Waals surface area contributed by atoms with E-state index in [2.05, 4.69) is 15.1 Å². The van der Waals surface area contributed by atoms with Gasteiger partial charge >= 0.3 is 6.01 Å². The van der Waals surface area contributed by atoms with Gasteiger partial charge in [-0.15, -0.1) is 0 Å². The lowest BCUT2D eigenvalue weighted by atomic mass is 9.77. The fourth-order valence-corrected chi connectivity index (χ4v) is 2.93. The zero-order valence-electron chi connectivity index (χ0n) is 13.5. The first-order chi connectivity index (χ1) is 12.1. The highest BCUT2D eigenvalue weighted by molar-refractivity contribution is 5.55. The molecule has 128 valence electrons. The maximum absolute atomic E-state index is 14.0. The van der Waals surface area contributed by atoms with Gasteiger partial charge in [0.15, 0.2) is 5.76 Å². The van der Waals surface area contributed by atoms with Crippen molar-refractivity contribution in [1.29, 1.82) is 0 Å². The summed E-state index contributed by atoms with van der Waals surface area (Å²) in [6, 6.07) is 6.84. The Hall–Kier alpha value is -2.96. The topological polar surface area (TPSA) is 84.1 Å². The zero-order chi connectivity index (χ0) is 17.4. The Bertz CT molecular complexity index is 889. The summed E-state index contributed by atoms with van der Waals surface area (Å²) < 4.78 is 24.6. The van der Waals surface area contributed by atoms with E-state index in [0.717, 1.165) is 24.0 Å². The second kappa shape index (κ2) is 6.16. The van der Waals surface area contributed by atoms with Crippen LogP contribution >= 0.6 is 0 Å². The number of aryl methyl sites for hydroxylation is 1. The molecule has 0 spiro atoms. The normalized spacial score (nSPS) is 19.4. The predicted octanol–water partition coefficient (Wildman–Crippen LogP) is 2.98. The van der Waals surface area contributed by atoms with Crippen LogP contribution in [0, 0.1) is 12.7 Å². The number of hydrogen-bond donors (Lipinski definition) is 0. The average Bonchev–Trinajstić information content (AvgIpc) is 2.99. The summed E-state index contributed by atoms with van der Waals surface area (Å²) in [5.41, 5.74) is 2.20. The van der Waals surface area contributed by atoms with Gasteiger partial charge in [0, 0.05) is 18.3 Å². The minimum absolute atomic E-state index is 0.0323. The molecule has 25 heavy (non-hydrogen) atoms. The van der Waals surface area contributed by atoms with Crippen molar-refractivity contribution in [2.45, 2.75) is 31.8 Å². The molecule has 1 fully saturated rings. The van der Waals surface area contributed by atoms with Gasteiger partial charge in [-0.2, -0.15) is 0 Å². The van der Waals surface area contributed by atoms with Crippen molar-refractivity contribution in [3.63, 3.8) is 0 Å². The first kappa shape index (κ1) is 15.6. The van der Waals surface area contributed by atoms with Gasteiger partial charge in [-0.05, 0) is 48.9 Å². The number of benzene rings is 1. The van der Waals surface area contributed by atoms with E-state index < -0.39 is 5.88 Å². The summed E-state index contributed by atoms with van der Waals surface area (Å²) in [5, 5.41) is 14.3. The van der Waals surface area contributed by atoms with E-state index in [1.165, 1.54) is 18.5 Å². The monoisotopic (exact) mass is 340 g/mol. The van der Waals surface area contributed by atoms with Crippen molar-refractivity contribution in [2.24, 2.45) is 0 Å². The Morgan fingerprint density at radius 3 is 2.60 bits per heavy atom. The Balaban J connectivity index is 1.36. The first-order valence-corrected chi connectivity index (χ1v) is 7.97. The molecule has 2 heterocycles. The summed E-state index contributed by atoms with van der Waals surface area (Å²) in [6.07, 6.45) is 4.45. The molecular formula is C18H15FN3O3-. The molecule has 0 unspecified atom stereocenters. The van der Waals surface area contributed by atoms with Gasteiger partial charge in [-0.1, -0.05) is 17.3 Å².